The molecule has 134 valence electrons. The number of hydrogen-bond acceptors (Lipinski definition) is 2. The Bertz CT molecular complexity index is 911. The summed E-state index contributed by atoms with van der Waals surface area (Å²) >= 11 is 0. The standard InChI is InChI=1S/C20H16F3NO2/c1-2-13-7-9-14(10-8-13)24-19(25)18-12-11-17(26-18)15-5-3-4-6-16(15)20(21,22)23/h3-12H,2H2,1H3,(H,24,25). The number of halogens is 3. The van der Waals surface area contributed by atoms with E-state index in [1.807, 2.05) is 19.1 Å². The van der Waals surface area contributed by atoms with Gasteiger partial charge in [-0.3, -0.25) is 4.79 Å². The molecule has 0 saturated carbocycles. The fourth-order valence-corrected chi connectivity index (χ4v) is 2.57. The van der Waals surface area contributed by atoms with Crippen molar-refractivity contribution in [1.82, 2.24) is 0 Å². The number of carbonyl (C=O) groups is 1. The van der Waals surface area contributed by atoms with Crippen LogP contribution in [0.1, 0.15) is 28.6 Å². The number of rotatable bonds is 4. The molecule has 1 heterocycles. The average molecular weight is 359 g/mol. The predicted molar refractivity (Wildman–Crippen MR) is 92.9 cm³/mol. The highest BCUT2D eigenvalue weighted by Crippen LogP contribution is 2.37. The third kappa shape index (κ3) is 3.79. The first kappa shape index (κ1) is 17.8. The largest absolute Gasteiger partial charge is 0.451 e. The summed E-state index contributed by atoms with van der Waals surface area (Å²) in [4.78, 5) is 12.3. The maximum absolute atomic E-state index is 13.1. The molecule has 1 amide bonds. The number of nitrogens with one attached hydrogen (secondary N) is 1. The molecule has 0 radical (unpaired) electrons. The Morgan fingerprint density at radius 1 is 1.00 bits per heavy atom. The van der Waals surface area contributed by atoms with Gasteiger partial charge in [-0.15, -0.1) is 0 Å². The van der Waals surface area contributed by atoms with E-state index in [1.54, 1.807) is 12.1 Å². The Morgan fingerprint density at radius 2 is 1.69 bits per heavy atom. The van der Waals surface area contributed by atoms with E-state index in [4.69, 9.17) is 4.42 Å². The monoisotopic (exact) mass is 359 g/mol. The first-order valence-corrected chi connectivity index (χ1v) is 8.05. The zero-order valence-electron chi connectivity index (χ0n) is 13.9. The van der Waals surface area contributed by atoms with Crippen LogP contribution in [0.3, 0.4) is 0 Å². The second kappa shape index (κ2) is 7.07. The first-order chi connectivity index (χ1) is 12.4. The summed E-state index contributed by atoms with van der Waals surface area (Å²) in [5.74, 6) is -0.592. The van der Waals surface area contributed by atoms with Crippen molar-refractivity contribution in [3.63, 3.8) is 0 Å². The molecule has 26 heavy (non-hydrogen) atoms. The van der Waals surface area contributed by atoms with Gasteiger partial charge in [-0.05, 0) is 42.3 Å². The Kier molecular flexibility index (Phi) is 4.84. The fraction of sp³-hybridized carbons (Fsp3) is 0.150. The maximum atomic E-state index is 13.1. The molecule has 3 nitrogen and oxygen atoms in total. The van der Waals surface area contributed by atoms with Crippen LogP contribution in [0.2, 0.25) is 0 Å². The van der Waals surface area contributed by atoms with Crippen molar-refractivity contribution in [3.05, 3.63) is 77.6 Å². The Balaban J connectivity index is 1.83. The van der Waals surface area contributed by atoms with Gasteiger partial charge in [-0.25, -0.2) is 0 Å². The van der Waals surface area contributed by atoms with Crippen LogP contribution in [-0.2, 0) is 12.6 Å². The van der Waals surface area contributed by atoms with Gasteiger partial charge in [0.15, 0.2) is 5.76 Å². The lowest BCUT2D eigenvalue weighted by molar-refractivity contribution is -0.137. The van der Waals surface area contributed by atoms with Crippen molar-refractivity contribution < 1.29 is 22.4 Å². The van der Waals surface area contributed by atoms with E-state index in [1.165, 1.54) is 30.3 Å². The normalized spacial score (nSPS) is 11.4. The minimum absolute atomic E-state index is 0.00981. The number of hydrogen-bond donors (Lipinski definition) is 1. The van der Waals surface area contributed by atoms with E-state index >= 15 is 0 Å². The molecule has 0 unspecified atom stereocenters. The topological polar surface area (TPSA) is 42.2 Å². The zero-order chi connectivity index (χ0) is 18.7. The second-order valence-corrected chi connectivity index (χ2v) is 5.71. The Morgan fingerprint density at radius 3 is 2.35 bits per heavy atom. The second-order valence-electron chi connectivity index (χ2n) is 5.71. The molecule has 0 atom stereocenters. The lowest BCUT2D eigenvalue weighted by Crippen LogP contribution is -2.10. The first-order valence-electron chi connectivity index (χ1n) is 8.05. The lowest BCUT2D eigenvalue weighted by Gasteiger charge is -2.10. The number of anilines is 1. The van der Waals surface area contributed by atoms with Crippen LogP contribution >= 0.6 is 0 Å². The quantitative estimate of drug-likeness (QED) is 0.641. The van der Waals surface area contributed by atoms with E-state index in [-0.39, 0.29) is 17.1 Å². The molecule has 0 aliphatic carbocycles. The molecule has 6 heteroatoms. The van der Waals surface area contributed by atoms with Crippen LogP contribution < -0.4 is 5.32 Å². The minimum Gasteiger partial charge on any atom is -0.451 e. The summed E-state index contributed by atoms with van der Waals surface area (Å²) in [5, 5.41) is 2.66. The van der Waals surface area contributed by atoms with Gasteiger partial charge in [0.05, 0.1) is 5.56 Å². The van der Waals surface area contributed by atoms with Gasteiger partial charge in [0.1, 0.15) is 5.76 Å². The number of amides is 1. The maximum Gasteiger partial charge on any atom is 0.417 e. The SMILES string of the molecule is CCc1ccc(NC(=O)c2ccc(-c3ccccc3C(F)(F)F)o2)cc1. The molecular formula is C20H16F3NO2. The summed E-state index contributed by atoms with van der Waals surface area (Å²) in [6.45, 7) is 2.02. The van der Waals surface area contributed by atoms with Crippen LogP contribution in [-0.4, -0.2) is 5.91 Å². The number of carbonyl (C=O) groups excluding carboxylic acids is 1. The van der Waals surface area contributed by atoms with E-state index in [0.29, 0.717) is 5.69 Å². The molecule has 2 aromatic carbocycles. The summed E-state index contributed by atoms with van der Waals surface area (Å²) in [5.41, 5.74) is 0.802. The highest BCUT2D eigenvalue weighted by molar-refractivity contribution is 6.02. The summed E-state index contributed by atoms with van der Waals surface area (Å²) in [6.07, 6.45) is -3.62. The molecule has 3 rings (SSSR count). The number of aryl methyl sites for hydroxylation is 1. The Labute approximate surface area is 148 Å². The van der Waals surface area contributed by atoms with Crippen molar-refractivity contribution in [1.29, 1.82) is 0 Å². The van der Waals surface area contributed by atoms with E-state index < -0.39 is 17.6 Å². The van der Waals surface area contributed by atoms with Crippen molar-refractivity contribution in [2.75, 3.05) is 5.32 Å². The number of furan rings is 1. The zero-order valence-corrected chi connectivity index (χ0v) is 13.9. The predicted octanol–water partition coefficient (Wildman–Crippen LogP) is 5.78. The highest BCUT2D eigenvalue weighted by Gasteiger charge is 2.34. The molecule has 3 aromatic rings. The molecule has 0 bridgehead atoms. The highest BCUT2D eigenvalue weighted by atomic mass is 19.4. The minimum atomic E-state index is -4.51. The van der Waals surface area contributed by atoms with Gasteiger partial charge in [0.25, 0.3) is 5.91 Å². The summed E-state index contributed by atoms with van der Waals surface area (Å²) in [7, 11) is 0. The van der Waals surface area contributed by atoms with Crippen molar-refractivity contribution >= 4 is 11.6 Å². The Hall–Kier alpha value is -3.02. The van der Waals surface area contributed by atoms with E-state index in [9.17, 15) is 18.0 Å². The van der Waals surface area contributed by atoms with E-state index in [0.717, 1.165) is 18.1 Å². The van der Waals surface area contributed by atoms with Gasteiger partial charge in [0.2, 0.25) is 0 Å². The molecule has 0 saturated heterocycles. The van der Waals surface area contributed by atoms with Gasteiger partial charge in [-0.1, -0.05) is 37.3 Å². The molecule has 0 aliphatic rings. The third-order valence-electron chi connectivity index (χ3n) is 3.95. The van der Waals surface area contributed by atoms with Crippen LogP contribution in [0, 0.1) is 0 Å². The molecule has 0 spiro atoms. The van der Waals surface area contributed by atoms with Gasteiger partial charge in [0, 0.05) is 11.3 Å². The number of benzene rings is 2. The molecular weight excluding hydrogens is 343 g/mol. The van der Waals surface area contributed by atoms with Gasteiger partial charge < -0.3 is 9.73 Å². The fourth-order valence-electron chi connectivity index (χ4n) is 2.57. The molecule has 0 fully saturated rings. The number of alkyl halides is 3. The summed E-state index contributed by atoms with van der Waals surface area (Å²) < 4.78 is 44.8. The van der Waals surface area contributed by atoms with Crippen molar-refractivity contribution in [2.24, 2.45) is 0 Å². The van der Waals surface area contributed by atoms with Crippen molar-refractivity contribution in [2.45, 2.75) is 19.5 Å². The van der Waals surface area contributed by atoms with E-state index in [2.05, 4.69) is 5.32 Å². The summed E-state index contributed by atoms with van der Waals surface area (Å²) in [6, 6.07) is 15.1. The van der Waals surface area contributed by atoms with Crippen LogP contribution in [0.4, 0.5) is 18.9 Å². The lowest BCUT2D eigenvalue weighted by atomic mass is 10.1. The third-order valence-corrected chi connectivity index (χ3v) is 3.95. The van der Waals surface area contributed by atoms with Crippen molar-refractivity contribution in [3.8, 4) is 11.3 Å². The molecule has 1 N–H and O–H groups in total. The van der Waals surface area contributed by atoms with Crippen LogP contribution in [0.5, 0.6) is 0 Å². The molecule has 1 aromatic heterocycles. The molecule has 0 aliphatic heterocycles. The van der Waals surface area contributed by atoms with Crippen LogP contribution in [0.15, 0.2) is 65.1 Å². The van der Waals surface area contributed by atoms with Gasteiger partial charge >= 0.3 is 6.18 Å². The van der Waals surface area contributed by atoms with Gasteiger partial charge in [-0.2, -0.15) is 13.2 Å². The smallest absolute Gasteiger partial charge is 0.417 e. The average Bonchev–Trinajstić information content (AvgIpc) is 3.12. The van der Waals surface area contributed by atoms with Crippen LogP contribution in [0.25, 0.3) is 11.3 Å².